The minimum Gasteiger partial charge on any atom is -0.497 e. The molecule has 36 heavy (non-hydrogen) atoms. The Morgan fingerprint density at radius 3 is 2.22 bits per heavy atom. The van der Waals surface area contributed by atoms with Gasteiger partial charge in [0.1, 0.15) is 11.5 Å². The van der Waals surface area contributed by atoms with Crippen molar-refractivity contribution in [3.63, 3.8) is 0 Å². The Balaban J connectivity index is 1.57. The van der Waals surface area contributed by atoms with Gasteiger partial charge in [-0.25, -0.2) is 0 Å². The number of hydrogen-bond donors (Lipinski definition) is 2. The summed E-state index contributed by atoms with van der Waals surface area (Å²) in [6, 6.07) is 21.5. The zero-order chi connectivity index (χ0) is 25.5. The molecule has 4 aromatic rings. The van der Waals surface area contributed by atoms with Crippen molar-refractivity contribution in [2.45, 2.75) is 12.1 Å². The van der Waals surface area contributed by atoms with Crippen molar-refractivity contribution >= 4 is 29.3 Å². The molecule has 4 rings (SSSR count). The number of anilines is 1. The molecule has 1 heterocycles. The third kappa shape index (κ3) is 5.84. The van der Waals surface area contributed by atoms with Crippen LogP contribution in [0, 0.1) is 0 Å². The summed E-state index contributed by atoms with van der Waals surface area (Å²) in [5.74, 6) is 1.49. The summed E-state index contributed by atoms with van der Waals surface area (Å²) >= 11 is 1.26. The molecular weight excluding hydrogens is 478 g/mol. The fourth-order valence-electron chi connectivity index (χ4n) is 3.43. The lowest BCUT2D eigenvalue weighted by Gasteiger charge is -2.12. The van der Waals surface area contributed by atoms with Gasteiger partial charge in [-0.05, 0) is 79.7 Å². The monoisotopic (exact) mass is 503 g/mol. The van der Waals surface area contributed by atoms with Crippen molar-refractivity contribution in [1.82, 2.24) is 14.8 Å². The highest BCUT2D eigenvalue weighted by Gasteiger charge is 2.18. The fourth-order valence-corrected chi connectivity index (χ4v) is 4.18. The van der Waals surface area contributed by atoms with E-state index in [0.29, 0.717) is 28.8 Å². The van der Waals surface area contributed by atoms with Crippen LogP contribution in [0.3, 0.4) is 0 Å². The van der Waals surface area contributed by atoms with Crippen molar-refractivity contribution < 1.29 is 19.1 Å². The van der Waals surface area contributed by atoms with Gasteiger partial charge in [0.05, 0.1) is 19.5 Å². The second kappa shape index (κ2) is 11.4. The summed E-state index contributed by atoms with van der Waals surface area (Å²) in [4.78, 5) is 23.8. The molecule has 3 aromatic carbocycles. The van der Waals surface area contributed by atoms with E-state index >= 15 is 0 Å². The Hall–Kier alpha value is -4.31. The van der Waals surface area contributed by atoms with Gasteiger partial charge in [0.25, 0.3) is 0 Å². The second-order valence-electron chi connectivity index (χ2n) is 7.58. The Kier molecular flexibility index (Phi) is 7.86. The van der Waals surface area contributed by atoms with E-state index in [1.165, 1.54) is 11.8 Å². The SMILES string of the molecule is CCOc1ccc(-n2c(SCC(=O)Nc3ccc(C(N)=O)cc3)nnc2-c2ccc(OC)cc2)cc1. The molecule has 0 unspecified atom stereocenters. The second-order valence-corrected chi connectivity index (χ2v) is 8.52. The summed E-state index contributed by atoms with van der Waals surface area (Å²) in [5, 5.41) is 12.1. The first-order valence-electron chi connectivity index (χ1n) is 11.1. The van der Waals surface area contributed by atoms with E-state index in [2.05, 4.69) is 15.5 Å². The maximum Gasteiger partial charge on any atom is 0.248 e. The predicted octanol–water partition coefficient (Wildman–Crippen LogP) is 4.17. The van der Waals surface area contributed by atoms with E-state index in [1.54, 1.807) is 31.4 Å². The van der Waals surface area contributed by atoms with Gasteiger partial charge in [0, 0.05) is 22.5 Å². The molecule has 9 nitrogen and oxygen atoms in total. The van der Waals surface area contributed by atoms with Crippen LogP contribution in [0.15, 0.2) is 78.0 Å². The van der Waals surface area contributed by atoms with Crippen LogP contribution >= 0.6 is 11.8 Å². The highest BCUT2D eigenvalue weighted by atomic mass is 32.2. The number of primary amides is 1. The quantitative estimate of drug-likeness (QED) is 0.312. The molecule has 3 N–H and O–H groups in total. The third-order valence-electron chi connectivity index (χ3n) is 5.17. The van der Waals surface area contributed by atoms with Crippen LogP contribution in [0.2, 0.25) is 0 Å². The first kappa shape index (κ1) is 24.8. The van der Waals surface area contributed by atoms with Gasteiger partial charge in [0.15, 0.2) is 11.0 Å². The Morgan fingerprint density at radius 2 is 1.61 bits per heavy atom. The molecule has 0 saturated heterocycles. The minimum atomic E-state index is -0.523. The van der Waals surface area contributed by atoms with Crippen LogP contribution < -0.4 is 20.5 Å². The average molecular weight is 504 g/mol. The number of ether oxygens (including phenoxy) is 2. The zero-order valence-electron chi connectivity index (χ0n) is 19.8. The van der Waals surface area contributed by atoms with Gasteiger partial charge in [-0.2, -0.15) is 0 Å². The van der Waals surface area contributed by atoms with Gasteiger partial charge in [-0.3, -0.25) is 14.2 Å². The lowest BCUT2D eigenvalue weighted by molar-refractivity contribution is -0.113. The first-order valence-corrected chi connectivity index (χ1v) is 12.1. The first-order chi connectivity index (χ1) is 17.5. The molecule has 0 bridgehead atoms. The molecule has 0 atom stereocenters. The Labute approximate surface area is 212 Å². The molecule has 10 heteroatoms. The number of carbonyl (C=O) groups is 2. The number of carbonyl (C=O) groups excluding carboxylic acids is 2. The van der Waals surface area contributed by atoms with E-state index < -0.39 is 5.91 Å². The van der Waals surface area contributed by atoms with Crippen LogP contribution in [0.5, 0.6) is 11.5 Å². The number of aromatic nitrogens is 3. The highest BCUT2D eigenvalue weighted by molar-refractivity contribution is 7.99. The van der Waals surface area contributed by atoms with Gasteiger partial charge in [-0.1, -0.05) is 11.8 Å². The van der Waals surface area contributed by atoms with Crippen LogP contribution in [-0.4, -0.2) is 46.0 Å². The van der Waals surface area contributed by atoms with E-state index in [-0.39, 0.29) is 11.7 Å². The molecule has 0 fully saturated rings. The van der Waals surface area contributed by atoms with Crippen LogP contribution in [0.4, 0.5) is 5.69 Å². The Bertz CT molecular complexity index is 1340. The van der Waals surface area contributed by atoms with Gasteiger partial charge < -0.3 is 20.5 Å². The van der Waals surface area contributed by atoms with Crippen LogP contribution in [0.25, 0.3) is 17.1 Å². The number of benzene rings is 3. The molecule has 2 amide bonds. The lowest BCUT2D eigenvalue weighted by atomic mass is 10.2. The van der Waals surface area contributed by atoms with Gasteiger partial charge in [-0.15, -0.1) is 10.2 Å². The summed E-state index contributed by atoms with van der Waals surface area (Å²) in [7, 11) is 1.61. The van der Waals surface area contributed by atoms with E-state index in [9.17, 15) is 9.59 Å². The number of methoxy groups -OCH3 is 1. The summed E-state index contributed by atoms with van der Waals surface area (Å²) in [6.45, 7) is 2.51. The molecule has 0 saturated carbocycles. The molecular formula is C26H25N5O4S. The van der Waals surface area contributed by atoms with Crippen molar-refractivity contribution in [1.29, 1.82) is 0 Å². The van der Waals surface area contributed by atoms with Crippen molar-refractivity contribution in [3.05, 3.63) is 78.4 Å². The number of rotatable bonds is 10. The molecule has 0 radical (unpaired) electrons. The van der Waals surface area contributed by atoms with Gasteiger partial charge >= 0.3 is 0 Å². The van der Waals surface area contributed by atoms with Crippen LogP contribution in [-0.2, 0) is 4.79 Å². The van der Waals surface area contributed by atoms with Gasteiger partial charge in [0.2, 0.25) is 11.8 Å². The fraction of sp³-hybridized carbons (Fsp3) is 0.154. The number of nitrogens with two attached hydrogens (primary N) is 1. The number of hydrogen-bond acceptors (Lipinski definition) is 7. The molecule has 0 spiro atoms. The maximum atomic E-state index is 12.6. The van der Waals surface area contributed by atoms with Crippen molar-refractivity contribution in [2.24, 2.45) is 5.73 Å². The standard InChI is InChI=1S/C26H25N5O4S/c1-3-35-22-14-10-20(11-15-22)31-25(18-6-12-21(34-2)13-7-18)29-30-26(31)36-16-23(32)28-19-8-4-17(5-9-19)24(27)33/h4-15H,3,16H2,1-2H3,(H2,27,33)(H,28,32). The maximum absolute atomic E-state index is 12.6. The topological polar surface area (TPSA) is 121 Å². The molecule has 1 aromatic heterocycles. The summed E-state index contributed by atoms with van der Waals surface area (Å²) < 4.78 is 12.7. The Morgan fingerprint density at radius 1 is 0.944 bits per heavy atom. The number of thioether (sulfide) groups is 1. The molecule has 0 aliphatic carbocycles. The minimum absolute atomic E-state index is 0.106. The summed E-state index contributed by atoms with van der Waals surface area (Å²) in [5.41, 5.74) is 7.88. The number of nitrogens with zero attached hydrogens (tertiary/aromatic N) is 3. The van der Waals surface area contributed by atoms with E-state index in [1.807, 2.05) is 60.0 Å². The lowest BCUT2D eigenvalue weighted by Crippen LogP contribution is -2.15. The normalized spacial score (nSPS) is 10.6. The number of nitrogens with one attached hydrogen (secondary N) is 1. The molecule has 184 valence electrons. The van der Waals surface area contributed by atoms with E-state index in [0.717, 1.165) is 22.7 Å². The van der Waals surface area contributed by atoms with E-state index in [4.69, 9.17) is 15.2 Å². The largest absolute Gasteiger partial charge is 0.497 e. The molecule has 0 aliphatic rings. The highest BCUT2D eigenvalue weighted by Crippen LogP contribution is 2.30. The third-order valence-corrected chi connectivity index (χ3v) is 6.10. The van der Waals surface area contributed by atoms with Crippen LogP contribution in [0.1, 0.15) is 17.3 Å². The van der Waals surface area contributed by atoms with Crippen molar-refractivity contribution in [3.8, 4) is 28.6 Å². The predicted molar refractivity (Wildman–Crippen MR) is 139 cm³/mol. The number of amides is 2. The smallest absolute Gasteiger partial charge is 0.248 e. The molecule has 0 aliphatic heterocycles. The van der Waals surface area contributed by atoms with Crippen molar-refractivity contribution in [2.75, 3.05) is 24.8 Å². The summed E-state index contributed by atoms with van der Waals surface area (Å²) in [6.07, 6.45) is 0. The zero-order valence-corrected chi connectivity index (χ0v) is 20.6. The average Bonchev–Trinajstić information content (AvgIpc) is 3.32.